The molecule has 2 aromatic carbocycles. The molecule has 0 unspecified atom stereocenters. The van der Waals surface area contributed by atoms with Crippen molar-refractivity contribution in [3.05, 3.63) is 64.7 Å². The van der Waals surface area contributed by atoms with Crippen LogP contribution in [0.5, 0.6) is 5.75 Å². The van der Waals surface area contributed by atoms with Crippen molar-refractivity contribution in [2.75, 3.05) is 6.61 Å². The molecular formula is C16H15ClF2O2. The Hall–Kier alpha value is -1.65. The summed E-state index contributed by atoms with van der Waals surface area (Å²) < 4.78 is 33.3. The van der Waals surface area contributed by atoms with Crippen molar-refractivity contribution in [3.63, 3.8) is 0 Å². The molecule has 0 saturated heterocycles. The van der Waals surface area contributed by atoms with E-state index in [0.29, 0.717) is 10.6 Å². The number of alkyl halides is 2. The van der Waals surface area contributed by atoms with Gasteiger partial charge in [-0.15, -0.1) is 0 Å². The molecule has 2 rings (SSSR count). The Bertz CT molecular complexity index is 600. The molecule has 2 nitrogen and oxygen atoms in total. The zero-order valence-electron chi connectivity index (χ0n) is 11.4. The van der Waals surface area contributed by atoms with E-state index in [4.69, 9.17) is 16.3 Å². The van der Waals surface area contributed by atoms with Crippen LogP contribution in [0.25, 0.3) is 0 Å². The van der Waals surface area contributed by atoms with Crippen molar-refractivity contribution in [2.45, 2.75) is 19.0 Å². The Morgan fingerprint density at radius 1 is 1.19 bits per heavy atom. The number of ether oxygens (including phenoxy) is 1. The molecule has 112 valence electrons. The average Bonchev–Trinajstić information content (AvgIpc) is 2.47. The van der Waals surface area contributed by atoms with Crippen LogP contribution in [0.4, 0.5) is 8.78 Å². The van der Waals surface area contributed by atoms with Crippen molar-refractivity contribution in [1.82, 2.24) is 0 Å². The van der Waals surface area contributed by atoms with Crippen molar-refractivity contribution >= 4 is 11.6 Å². The maximum absolute atomic E-state index is 14.0. The Balaban J connectivity index is 2.16. The van der Waals surface area contributed by atoms with Gasteiger partial charge in [0.05, 0.1) is 6.10 Å². The lowest BCUT2D eigenvalue weighted by molar-refractivity contribution is -0.0473. The monoisotopic (exact) mass is 312 g/mol. The number of hydrogen-bond acceptors (Lipinski definition) is 2. The van der Waals surface area contributed by atoms with Gasteiger partial charge in [0.1, 0.15) is 5.75 Å². The van der Waals surface area contributed by atoms with Gasteiger partial charge in [0.2, 0.25) is 0 Å². The zero-order valence-corrected chi connectivity index (χ0v) is 12.1. The molecule has 5 heteroatoms. The van der Waals surface area contributed by atoms with E-state index in [9.17, 15) is 13.9 Å². The smallest absolute Gasteiger partial charge is 0.306 e. The molecule has 2 aromatic rings. The number of aliphatic hydroxyl groups excluding tert-OH is 1. The maximum Gasteiger partial charge on any atom is 0.306 e. The highest BCUT2D eigenvalue weighted by molar-refractivity contribution is 6.30. The molecule has 0 aliphatic rings. The summed E-state index contributed by atoms with van der Waals surface area (Å²) in [6.45, 7) is 0.715. The van der Waals surface area contributed by atoms with E-state index in [0.717, 1.165) is 0 Å². The average molecular weight is 313 g/mol. The van der Waals surface area contributed by atoms with Crippen LogP contribution >= 0.6 is 11.6 Å². The highest BCUT2D eigenvalue weighted by Gasteiger charge is 2.32. The molecule has 1 N–H and O–H groups in total. The Labute approximate surface area is 126 Å². The molecule has 0 bridgehead atoms. The predicted octanol–water partition coefficient (Wildman–Crippen LogP) is 4.56. The van der Waals surface area contributed by atoms with Crippen molar-refractivity contribution in [3.8, 4) is 5.75 Å². The number of benzene rings is 2. The molecule has 0 aliphatic carbocycles. The molecule has 0 radical (unpaired) electrons. The molecular weight excluding hydrogens is 298 g/mol. The molecule has 0 heterocycles. The Kier molecular flexibility index (Phi) is 4.80. The van der Waals surface area contributed by atoms with Crippen LogP contribution in [-0.4, -0.2) is 11.7 Å². The SMILES string of the molecule is C[C@H](O)c1cc(Cl)ccc1OCC(F)(F)c1ccccc1. The molecule has 0 saturated carbocycles. The molecule has 1 atom stereocenters. The lowest BCUT2D eigenvalue weighted by Gasteiger charge is -2.19. The zero-order chi connectivity index (χ0) is 15.5. The minimum absolute atomic E-state index is 0.113. The summed E-state index contributed by atoms with van der Waals surface area (Å²) in [5, 5.41) is 10.1. The number of halogens is 3. The molecule has 0 amide bonds. The van der Waals surface area contributed by atoms with Gasteiger partial charge in [-0.05, 0) is 25.1 Å². The quantitative estimate of drug-likeness (QED) is 0.876. The summed E-state index contributed by atoms with van der Waals surface area (Å²) in [5.74, 6) is -2.92. The topological polar surface area (TPSA) is 29.5 Å². The van der Waals surface area contributed by atoms with E-state index < -0.39 is 18.6 Å². The van der Waals surface area contributed by atoms with Crippen molar-refractivity contribution in [1.29, 1.82) is 0 Å². The summed E-state index contributed by atoms with van der Waals surface area (Å²) in [4.78, 5) is 0. The van der Waals surface area contributed by atoms with Crippen LogP contribution in [-0.2, 0) is 5.92 Å². The lowest BCUT2D eigenvalue weighted by Crippen LogP contribution is -2.23. The van der Waals surface area contributed by atoms with Crippen molar-refractivity contribution in [2.24, 2.45) is 0 Å². The summed E-state index contributed by atoms with van der Waals surface area (Å²) in [5.41, 5.74) is 0.268. The summed E-state index contributed by atoms with van der Waals surface area (Å²) in [6.07, 6.45) is -0.857. The first-order valence-electron chi connectivity index (χ1n) is 6.44. The van der Waals surface area contributed by atoms with Gasteiger partial charge in [-0.2, -0.15) is 8.78 Å². The minimum atomic E-state index is -3.11. The second-order valence-electron chi connectivity index (χ2n) is 4.72. The van der Waals surface area contributed by atoms with E-state index >= 15 is 0 Å². The molecule has 0 aromatic heterocycles. The second-order valence-corrected chi connectivity index (χ2v) is 5.15. The normalized spacial score (nSPS) is 13.0. The van der Waals surface area contributed by atoms with Gasteiger partial charge in [0.15, 0.2) is 6.61 Å². The third kappa shape index (κ3) is 3.93. The largest absolute Gasteiger partial charge is 0.487 e. The van der Waals surface area contributed by atoms with E-state index in [1.165, 1.54) is 37.3 Å². The van der Waals surface area contributed by atoms with Gasteiger partial charge in [0.25, 0.3) is 0 Å². The van der Waals surface area contributed by atoms with Crippen LogP contribution < -0.4 is 4.74 Å². The van der Waals surface area contributed by atoms with Gasteiger partial charge in [-0.25, -0.2) is 0 Å². The van der Waals surface area contributed by atoms with Gasteiger partial charge in [0, 0.05) is 16.1 Å². The van der Waals surface area contributed by atoms with E-state index in [1.807, 2.05) is 0 Å². The molecule has 0 aliphatic heterocycles. The van der Waals surface area contributed by atoms with Crippen LogP contribution in [0.15, 0.2) is 48.5 Å². The van der Waals surface area contributed by atoms with Crippen LogP contribution in [0.3, 0.4) is 0 Å². The highest BCUT2D eigenvalue weighted by Crippen LogP contribution is 2.32. The van der Waals surface area contributed by atoms with E-state index in [-0.39, 0.29) is 11.3 Å². The fourth-order valence-electron chi connectivity index (χ4n) is 1.91. The van der Waals surface area contributed by atoms with Crippen LogP contribution in [0.2, 0.25) is 5.02 Å². The number of hydrogen-bond donors (Lipinski definition) is 1. The first kappa shape index (κ1) is 15.7. The summed E-state index contributed by atoms with van der Waals surface area (Å²) >= 11 is 5.83. The van der Waals surface area contributed by atoms with E-state index in [2.05, 4.69) is 0 Å². The Morgan fingerprint density at radius 2 is 1.86 bits per heavy atom. The first-order chi connectivity index (χ1) is 9.90. The first-order valence-corrected chi connectivity index (χ1v) is 6.81. The molecule has 21 heavy (non-hydrogen) atoms. The van der Waals surface area contributed by atoms with Gasteiger partial charge >= 0.3 is 5.92 Å². The second kappa shape index (κ2) is 6.41. The third-order valence-electron chi connectivity index (χ3n) is 3.03. The number of aliphatic hydroxyl groups is 1. The predicted molar refractivity (Wildman–Crippen MR) is 77.9 cm³/mol. The Morgan fingerprint density at radius 3 is 2.48 bits per heavy atom. The third-order valence-corrected chi connectivity index (χ3v) is 3.26. The lowest BCUT2D eigenvalue weighted by atomic mass is 10.1. The fourth-order valence-corrected chi connectivity index (χ4v) is 2.09. The summed E-state index contributed by atoms with van der Waals surface area (Å²) in [7, 11) is 0. The molecule has 0 spiro atoms. The minimum Gasteiger partial charge on any atom is -0.487 e. The standard InChI is InChI=1S/C16H15ClF2O2/c1-11(20)14-9-13(17)7-8-15(14)21-10-16(18,19)12-5-3-2-4-6-12/h2-9,11,20H,10H2,1H3/t11-/m0/s1. The van der Waals surface area contributed by atoms with E-state index in [1.54, 1.807) is 18.2 Å². The van der Waals surface area contributed by atoms with Gasteiger partial charge in [-0.3, -0.25) is 0 Å². The summed E-state index contributed by atoms with van der Waals surface area (Å²) in [6, 6.07) is 12.0. The van der Waals surface area contributed by atoms with Gasteiger partial charge in [-0.1, -0.05) is 41.9 Å². The molecule has 0 fully saturated rings. The maximum atomic E-state index is 14.0. The highest BCUT2D eigenvalue weighted by atomic mass is 35.5. The van der Waals surface area contributed by atoms with Gasteiger partial charge < -0.3 is 9.84 Å². The fraction of sp³-hybridized carbons (Fsp3) is 0.250. The van der Waals surface area contributed by atoms with Crippen molar-refractivity contribution < 1.29 is 18.6 Å². The number of rotatable bonds is 5. The van der Waals surface area contributed by atoms with Crippen LogP contribution in [0, 0.1) is 0 Å². The van der Waals surface area contributed by atoms with Crippen LogP contribution in [0.1, 0.15) is 24.2 Å².